The highest BCUT2D eigenvalue weighted by atomic mass is 32.1. The minimum Gasteiger partial charge on any atom is -0.376 e. The van der Waals surface area contributed by atoms with Crippen molar-refractivity contribution < 1.29 is 8.78 Å². The van der Waals surface area contributed by atoms with Crippen LogP contribution in [0, 0.1) is 11.6 Å². The number of nitrogens with one attached hydrogen (secondary N) is 1. The van der Waals surface area contributed by atoms with Crippen molar-refractivity contribution in [1.82, 2.24) is 4.98 Å². The van der Waals surface area contributed by atoms with Crippen LogP contribution >= 0.6 is 11.3 Å². The number of thiazole rings is 1. The highest BCUT2D eigenvalue weighted by molar-refractivity contribution is 7.09. The first-order chi connectivity index (χ1) is 7.25. The SMILES string of the molecule is Fc1ccc(NCc2nccs2)c(F)c1. The molecule has 0 radical (unpaired) electrons. The van der Waals surface area contributed by atoms with E-state index in [0.29, 0.717) is 6.54 Å². The number of halogens is 2. The smallest absolute Gasteiger partial charge is 0.149 e. The topological polar surface area (TPSA) is 24.9 Å². The molecule has 0 spiro atoms. The van der Waals surface area contributed by atoms with Crippen molar-refractivity contribution in [2.75, 3.05) is 5.32 Å². The van der Waals surface area contributed by atoms with Gasteiger partial charge in [-0.25, -0.2) is 13.8 Å². The van der Waals surface area contributed by atoms with Crippen LogP contribution in [0.25, 0.3) is 0 Å². The van der Waals surface area contributed by atoms with Gasteiger partial charge in [-0.2, -0.15) is 0 Å². The van der Waals surface area contributed by atoms with E-state index in [9.17, 15) is 8.78 Å². The van der Waals surface area contributed by atoms with E-state index in [-0.39, 0.29) is 5.69 Å². The summed E-state index contributed by atoms with van der Waals surface area (Å²) in [6, 6.07) is 3.44. The van der Waals surface area contributed by atoms with Crippen molar-refractivity contribution in [3.8, 4) is 0 Å². The zero-order valence-corrected chi connectivity index (χ0v) is 8.52. The van der Waals surface area contributed by atoms with Crippen molar-refractivity contribution in [2.45, 2.75) is 6.54 Å². The molecule has 0 unspecified atom stereocenters. The minimum absolute atomic E-state index is 0.284. The lowest BCUT2D eigenvalue weighted by molar-refractivity contribution is 0.585. The van der Waals surface area contributed by atoms with Crippen LogP contribution < -0.4 is 5.32 Å². The summed E-state index contributed by atoms with van der Waals surface area (Å²) in [5.74, 6) is -1.17. The average Bonchev–Trinajstić information content (AvgIpc) is 2.69. The third kappa shape index (κ3) is 2.50. The zero-order chi connectivity index (χ0) is 10.7. The van der Waals surface area contributed by atoms with Crippen LogP contribution in [0.2, 0.25) is 0 Å². The second kappa shape index (κ2) is 4.35. The van der Waals surface area contributed by atoms with Crippen LogP contribution in [0.4, 0.5) is 14.5 Å². The van der Waals surface area contributed by atoms with Gasteiger partial charge in [-0.1, -0.05) is 0 Å². The molecule has 1 aromatic carbocycles. The Labute approximate surface area is 89.6 Å². The molecule has 2 rings (SSSR count). The van der Waals surface area contributed by atoms with E-state index in [1.165, 1.54) is 23.5 Å². The van der Waals surface area contributed by atoms with Crippen LogP contribution in [-0.2, 0) is 6.54 Å². The van der Waals surface area contributed by atoms with E-state index in [0.717, 1.165) is 11.1 Å². The summed E-state index contributed by atoms with van der Waals surface area (Å²) in [4.78, 5) is 4.04. The predicted octanol–water partition coefficient (Wildman–Crippen LogP) is 3.03. The Hall–Kier alpha value is -1.49. The second-order valence-electron chi connectivity index (χ2n) is 2.90. The summed E-state index contributed by atoms with van der Waals surface area (Å²) in [7, 11) is 0. The summed E-state index contributed by atoms with van der Waals surface area (Å²) >= 11 is 1.48. The molecule has 0 amide bonds. The van der Waals surface area contributed by atoms with Gasteiger partial charge >= 0.3 is 0 Å². The Kier molecular flexibility index (Phi) is 2.91. The third-order valence-electron chi connectivity index (χ3n) is 1.84. The Morgan fingerprint density at radius 3 is 2.87 bits per heavy atom. The van der Waals surface area contributed by atoms with Crippen LogP contribution in [0.3, 0.4) is 0 Å². The summed E-state index contributed by atoms with van der Waals surface area (Å²) in [5, 5.41) is 5.55. The lowest BCUT2D eigenvalue weighted by atomic mass is 10.3. The number of hydrogen-bond acceptors (Lipinski definition) is 3. The van der Waals surface area contributed by atoms with Crippen LogP contribution in [0.15, 0.2) is 29.8 Å². The largest absolute Gasteiger partial charge is 0.376 e. The molecule has 2 nitrogen and oxygen atoms in total. The first-order valence-corrected chi connectivity index (χ1v) is 5.21. The first-order valence-electron chi connectivity index (χ1n) is 4.33. The minimum atomic E-state index is -0.591. The zero-order valence-electron chi connectivity index (χ0n) is 7.71. The fraction of sp³-hybridized carbons (Fsp3) is 0.100. The van der Waals surface area contributed by atoms with E-state index < -0.39 is 11.6 Å². The molecule has 0 saturated carbocycles. The molecule has 78 valence electrons. The van der Waals surface area contributed by atoms with Gasteiger partial charge in [0.2, 0.25) is 0 Å². The van der Waals surface area contributed by atoms with Crippen molar-refractivity contribution >= 4 is 17.0 Å². The maximum Gasteiger partial charge on any atom is 0.149 e. The molecule has 0 saturated heterocycles. The predicted molar refractivity (Wildman–Crippen MR) is 55.8 cm³/mol. The van der Waals surface area contributed by atoms with E-state index >= 15 is 0 Å². The summed E-state index contributed by atoms with van der Waals surface area (Å²) in [5.41, 5.74) is 0.284. The Morgan fingerprint density at radius 1 is 1.33 bits per heavy atom. The van der Waals surface area contributed by atoms with Crippen molar-refractivity contribution in [2.24, 2.45) is 0 Å². The lowest BCUT2D eigenvalue weighted by Crippen LogP contribution is -2.01. The highest BCUT2D eigenvalue weighted by Crippen LogP contribution is 2.16. The summed E-state index contributed by atoms with van der Waals surface area (Å²) < 4.78 is 25.7. The van der Waals surface area contributed by atoms with Gasteiger partial charge < -0.3 is 5.32 Å². The second-order valence-corrected chi connectivity index (χ2v) is 3.88. The van der Waals surface area contributed by atoms with Gasteiger partial charge in [-0.3, -0.25) is 0 Å². The Morgan fingerprint density at radius 2 is 2.20 bits per heavy atom. The van der Waals surface area contributed by atoms with E-state index in [4.69, 9.17) is 0 Å². The summed E-state index contributed by atoms with van der Waals surface area (Å²) in [6.45, 7) is 0.445. The van der Waals surface area contributed by atoms with Crippen molar-refractivity contribution in [3.63, 3.8) is 0 Å². The quantitative estimate of drug-likeness (QED) is 0.870. The van der Waals surface area contributed by atoms with Gasteiger partial charge in [0, 0.05) is 17.6 Å². The number of benzene rings is 1. The van der Waals surface area contributed by atoms with Gasteiger partial charge in [-0.05, 0) is 12.1 Å². The molecular weight excluding hydrogens is 218 g/mol. The molecule has 2 aromatic rings. The van der Waals surface area contributed by atoms with Crippen LogP contribution in [0.1, 0.15) is 5.01 Å². The number of anilines is 1. The first kappa shape index (κ1) is 10.0. The molecule has 1 aromatic heterocycles. The third-order valence-corrected chi connectivity index (χ3v) is 2.62. The van der Waals surface area contributed by atoms with Crippen molar-refractivity contribution in [1.29, 1.82) is 0 Å². The molecule has 0 aliphatic rings. The molecular formula is C10H8F2N2S. The molecule has 15 heavy (non-hydrogen) atoms. The molecule has 0 atom stereocenters. The van der Waals surface area contributed by atoms with Gasteiger partial charge in [0.25, 0.3) is 0 Å². The average molecular weight is 226 g/mol. The molecule has 0 aliphatic carbocycles. The number of nitrogens with zero attached hydrogens (tertiary/aromatic N) is 1. The van der Waals surface area contributed by atoms with Gasteiger partial charge in [0.1, 0.15) is 16.6 Å². The van der Waals surface area contributed by atoms with E-state index in [1.54, 1.807) is 6.20 Å². The van der Waals surface area contributed by atoms with Crippen LogP contribution in [-0.4, -0.2) is 4.98 Å². The molecule has 0 bridgehead atoms. The number of rotatable bonds is 3. The standard InChI is InChI=1S/C10H8F2N2S/c11-7-1-2-9(8(12)5-7)14-6-10-13-3-4-15-10/h1-5,14H,6H2. The van der Waals surface area contributed by atoms with Gasteiger partial charge in [-0.15, -0.1) is 11.3 Å². The monoisotopic (exact) mass is 226 g/mol. The highest BCUT2D eigenvalue weighted by Gasteiger charge is 2.03. The number of hydrogen-bond donors (Lipinski definition) is 1. The maximum absolute atomic E-state index is 13.2. The van der Waals surface area contributed by atoms with Gasteiger partial charge in [0.15, 0.2) is 0 Å². The Bertz CT molecular complexity index is 443. The molecule has 0 fully saturated rings. The van der Waals surface area contributed by atoms with Crippen LogP contribution in [0.5, 0.6) is 0 Å². The van der Waals surface area contributed by atoms with Gasteiger partial charge in [0.05, 0.1) is 12.2 Å². The molecule has 1 heterocycles. The summed E-state index contributed by atoms with van der Waals surface area (Å²) in [6.07, 6.45) is 1.68. The molecule has 0 aliphatic heterocycles. The lowest BCUT2D eigenvalue weighted by Gasteiger charge is -2.05. The molecule has 1 N–H and O–H groups in total. The Balaban J connectivity index is 2.05. The van der Waals surface area contributed by atoms with E-state index in [1.807, 2.05) is 5.38 Å². The fourth-order valence-electron chi connectivity index (χ4n) is 1.14. The number of aromatic nitrogens is 1. The molecule has 5 heteroatoms. The fourth-order valence-corrected chi connectivity index (χ4v) is 1.70. The van der Waals surface area contributed by atoms with Crippen molar-refractivity contribution in [3.05, 3.63) is 46.4 Å². The normalized spacial score (nSPS) is 10.3. The van der Waals surface area contributed by atoms with E-state index in [2.05, 4.69) is 10.3 Å². The maximum atomic E-state index is 13.2.